The van der Waals surface area contributed by atoms with Gasteiger partial charge >= 0.3 is 5.69 Å². The molecule has 0 saturated carbocycles. The smallest absolute Gasteiger partial charge is 0.314 e. The van der Waals surface area contributed by atoms with Crippen molar-refractivity contribution < 1.29 is 0 Å². The Morgan fingerprint density at radius 2 is 2.00 bits per heavy atom. The molecule has 0 aliphatic carbocycles. The van der Waals surface area contributed by atoms with Crippen LogP contribution >= 0.6 is 0 Å². The molecular weight excluding hydrogens is 282 g/mol. The van der Waals surface area contributed by atoms with Gasteiger partial charge in [0.1, 0.15) is 0 Å². The van der Waals surface area contributed by atoms with Gasteiger partial charge in [-0.1, -0.05) is 26.2 Å². The number of aromatic amines is 1. The van der Waals surface area contributed by atoms with Crippen molar-refractivity contribution in [2.75, 3.05) is 0 Å². The first-order chi connectivity index (χ1) is 10.5. The van der Waals surface area contributed by atoms with Gasteiger partial charge in [-0.25, -0.2) is 4.79 Å². The maximum atomic E-state index is 12.1. The van der Waals surface area contributed by atoms with Gasteiger partial charge in [0.25, 0.3) is 5.56 Å². The quantitative estimate of drug-likeness (QED) is 0.727. The van der Waals surface area contributed by atoms with Gasteiger partial charge in [0.05, 0.1) is 0 Å². The lowest BCUT2D eigenvalue weighted by Crippen LogP contribution is -2.28. The molecule has 3 aromatic heterocycles. The van der Waals surface area contributed by atoms with Crippen molar-refractivity contribution in [3.8, 4) is 0 Å². The van der Waals surface area contributed by atoms with Gasteiger partial charge < -0.3 is 4.57 Å². The molecule has 0 spiro atoms. The zero-order chi connectivity index (χ0) is 15.9. The van der Waals surface area contributed by atoms with Gasteiger partial charge in [-0.2, -0.15) is 4.98 Å². The molecular formula is C15H21N5O2. The lowest BCUT2D eigenvalue weighted by atomic mass is 10.2. The molecule has 0 radical (unpaired) electrons. The number of H-pyrrole nitrogens is 1. The van der Waals surface area contributed by atoms with Crippen LogP contribution in [-0.4, -0.2) is 23.5 Å². The van der Waals surface area contributed by atoms with Crippen LogP contribution in [0.5, 0.6) is 0 Å². The molecule has 118 valence electrons. The number of hydrogen-bond donors (Lipinski definition) is 1. The maximum Gasteiger partial charge on any atom is 0.329 e. The highest BCUT2D eigenvalue weighted by molar-refractivity contribution is 5.75. The molecule has 0 fully saturated rings. The van der Waals surface area contributed by atoms with E-state index in [1.54, 1.807) is 11.4 Å². The number of aryl methyl sites for hydroxylation is 3. The monoisotopic (exact) mass is 303 g/mol. The van der Waals surface area contributed by atoms with E-state index in [-0.39, 0.29) is 0 Å². The number of rotatable bonds is 5. The van der Waals surface area contributed by atoms with Crippen molar-refractivity contribution in [1.29, 1.82) is 0 Å². The van der Waals surface area contributed by atoms with Crippen molar-refractivity contribution in [2.24, 2.45) is 7.05 Å². The average Bonchev–Trinajstić information content (AvgIpc) is 2.97. The summed E-state index contributed by atoms with van der Waals surface area (Å²) in [4.78, 5) is 30.7. The predicted octanol–water partition coefficient (Wildman–Crippen LogP) is 1.56. The van der Waals surface area contributed by atoms with E-state index in [1.807, 2.05) is 13.1 Å². The zero-order valence-electron chi connectivity index (χ0n) is 13.2. The third-order valence-corrected chi connectivity index (χ3v) is 4.15. The van der Waals surface area contributed by atoms with Crippen molar-refractivity contribution in [2.45, 2.75) is 46.1 Å². The van der Waals surface area contributed by atoms with E-state index in [4.69, 9.17) is 0 Å². The van der Waals surface area contributed by atoms with E-state index in [1.165, 1.54) is 23.8 Å². The van der Waals surface area contributed by atoms with Gasteiger partial charge in [0.2, 0.25) is 5.78 Å². The Balaban J connectivity index is 2.15. The number of fused-ring (bicyclic) bond motifs is 3. The van der Waals surface area contributed by atoms with Gasteiger partial charge in [0.15, 0.2) is 11.2 Å². The van der Waals surface area contributed by atoms with Crippen LogP contribution in [0.3, 0.4) is 0 Å². The standard InChI is InChI=1S/C15H21N5O2/c1-4-5-6-7-8-19-10(2)9-20-11-12(16-14(19)20)18(3)15(22)17-13(11)21/h9H,4-8H2,1-3H3,(H,17,21,22). The molecule has 0 bridgehead atoms. The molecule has 0 unspecified atom stereocenters. The minimum Gasteiger partial charge on any atom is -0.314 e. The van der Waals surface area contributed by atoms with Crippen LogP contribution in [0.4, 0.5) is 0 Å². The Bertz CT molecular complexity index is 941. The van der Waals surface area contributed by atoms with Crippen molar-refractivity contribution >= 4 is 16.9 Å². The summed E-state index contributed by atoms with van der Waals surface area (Å²) >= 11 is 0. The van der Waals surface area contributed by atoms with Gasteiger partial charge in [0, 0.05) is 25.5 Å². The van der Waals surface area contributed by atoms with E-state index in [0.717, 1.165) is 24.4 Å². The van der Waals surface area contributed by atoms with Crippen LogP contribution < -0.4 is 11.2 Å². The van der Waals surface area contributed by atoms with Crippen LogP contribution in [-0.2, 0) is 13.6 Å². The fourth-order valence-electron chi connectivity index (χ4n) is 2.89. The minimum atomic E-state index is -0.440. The van der Waals surface area contributed by atoms with E-state index < -0.39 is 11.2 Å². The number of nitrogens with zero attached hydrogens (tertiary/aromatic N) is 4. The fourth-order valence-corrected chi connectivity index (χ4v) is 2.89. The van der Waals surface area contributed by atoms with Crippen LogP contribution in [0.2, 0.25) is 0 Å². The molecule has 0 aliphatic heterocycles. The molecule has 0 aliphatic rings. The number of imidazole rings is 2. The molecule has 0 atom stereocenters. The van der Waals surface area contributed by atoms with Gasteiger partial charge in [-0.15, -0.1) is 0 Å². The summed E-state index contributed by atoms with van der Waals surface area (Å²) in [6.45, 7) is 5.07. The normalized spacial score (nSPS) is 11.8. The van der Waals surface area contributed by atoms with Crippen molar-refractivity contribution in [1.82, 2.24) is 23.5 Å². The molecule has 1 N–H and O–H groups in total. The van der Waals surface area contributed by atoms with Crippen LogP contribution in [0, 0.1) is 6.92 Å². The molecule has 3 aromatic rings. The first-order valence-corrected chi connectivity index (χ1v) is 7.71. The van der Waals surface area contributed by atoms with Crippen molar-refractivity contribution in [3.63, 3.8) is 0 Å². The van der Waals surface area contributed by atoms with E-state index in [9.17, 15) is 9.59 Å². The Labute approximate surface area is 127 Å². The lowest BCUT2D eigenvalue weighted by molar-refractivity contribution is 0.583. The summed E-state index contributed by atoms with van der Waals surface area (Å²) in [5, 5.41) is 0. The molecule has 0 aromatic carbocycles. The zero-order valence-corrected chi connectivity index (χ0v) is 13.2. The summed E-state index contributed by atoms with van der Waals surface area (Å²) in [5.41, 5.74) is 1.07. The molecule has 22 heavy (non-hydrogen) atoms. The summed E-state index contributed by atoms with van der Waals surface area (Å²) in [6.07, 6.45) is 6.59. The molecule has 7 heteroatoms. The second-order valence-corrected chi connectivity index (χ2v) is 5.76. The third-order valence-electron chi connectivity index (χ3n) is 4.15. The van der Waals surface area contributed by atoms with Gasteiger partial charge in [-0.05, 0) is 13.3 Å². The SMILES string of the molecule is CCCCCCn1c(C)cn2c3c(=O)[nH]c(=O)n(C)c3nc12. The summed E-state index contributed by atoms with van der Waals surface area (Å²) in [5.74, 6) is 0.718. The molecule has 7 nitrogen and oxygen atoms in total. The largest absolute Gasteiger partial charge is 0.329 e. The van der Waals surface area contributed by atoms with Gasteiger partial charge in [-0.3, -0.25) is 18.7 Å². The summed E-state index contributed by atoms with van der Waals surface area (Å²) in [7, 11) is 1.62. The Morgan fingerprint density at radius 3 is 2.73 bits per heavy atom. The minimum absolute atomic E-state index is 0.395. The van der Waals surface area contributed by atoms with E-state index in [2.05, 4.69) is 21.5 Å². The van der Waals surface area contributed by atoms with E-state index >= 15 is 0 Å². The number of unbranched alkanes of at least 4 members (excludes halogenated alkanes) is 3. The van der Waals surface area contributed by atoms with E-state index in [0.29, 0.717) is 11.2 Å². The second kappa shape index (κ2) is 5.47. The molecule has 3 rings (SSSR count). The molecule has 3 heterocycles. The predicted molar refractivity (Wildman–Crippen MR) is 85.4 cm³/mol. The van der Waals surface area contributed by atoms with Crippen LogP contribution in [0.1, 0.15) is 38.3 Å². The third kappa shape index (κ3) is 2.17. The highest BCUT2D eigenvalue weighted by atomic mass is 16.2. The summed E-state index contributed by atoms with van der Waals surface area (Å²) < 4.78 is 5.27. The number of nitrogens with one attached hydrogen (secondary N) is 1. The number of aromatic nitrogens is 5. The second-order valence-electron chi connectivity index (χ2n) is 5.76. The lowest BCUT2D eigenvalue weighted by Gasteiger charge is -2.05. The van der Waals surface area contributed by atoms with Crippen LogP contribution in [0.15, 0.2) is 15.8 Å². The molecule has 0 amide bonds. The highest BCUT2D eigenvalue weighted by Crippen LogP contribution is 2.16. The summed E-state index contributed by atoms with van der Waals surface area (Å²) in [6, 6.07) is 0. The Kier molecular flexibility index (Phi) is 3.64. The maximum absolute atomic E-state index is 12.1. The Hall–Kier alpha value is -2.31. The fraction of sp³-hybridized carbons (Fsp3) is 0.533. The molecule has 0 saturated heterocycles. The first-order valence-electron chi connectivity index (χ1n) is 7.71. The number of hydrogen-bond acceptors (Lipinski definition) is 3. The topological polar surface area (TPSA) is 77.1 Å². The first kappa shape index (κ1) is 14.6. The average molecular weight is 303 g/mol. The highest BCUT2D eigenvalue weighted by Gasteiger charge is 2.16. The van der Waals surface area contributed by atoms with Crippen LogP contribution in [0.25, 0.3) is 16.9 Å². The Morgan fingerprint density at radius 1 is 1.23 bits per heavy atom. The van der Waals surface area contributed by atoms with Crippen molar-refractivity contribution in [3.05, 3.63) is 32.7 Å².